The van der Waals surface area contributed by atoms with Crippen molar-refractivity contribution in [2.75, 3.05) is 20.3 Å². The first-order valence-corrected chi connectivity index (χ1v) is 5.42. The predicted molar refractivity (Wildman–Crippen MR) is 63.2 cm³/mol. The van der Waals surface area contributed by atoms with E-state index in [4.69, 9.17) is 4.74 Å². The molecule has 0 heterocycles. The zero-order valence-corrected chi connectivity index (χ0v) is 10.00. The third kappa shape index (κ3) is 4.82. The molecule has 0 aliphatic carbocycles. The van der Waals surface area contributed by atoms with Gasteiger partial charge in [0.25, 0.3) is 0 Å². The second-order valence-corrected chi connectivity index (χ2v) is 3.67. The van der Waals surface area contributed by atoms with Crippen molar-refractivity contribution in [3.63, 3.8) is 0 Å². The maximum atomic E-state index is 12.7. The van der Waals surface area contributed by atoms with E-state index in [9.17, 15) is 9.18 Å². The average molecular weight is 240 g/mol. The highest BCUT2D eigenvalue weighted by Crippen LogP contribution is 2.12. The van der Waals surface area contributed by atoms with E-state index in [1.54, 1.807) is 19.2 Å². The fraction of sp³-hybridized carbons (Fsp3) is 0.417. The molecule has 0 unspecified atom stereocenters. The van der Waals surface area contributed by atoms with Crippen molar-refractivity contribution in [3.05, 3.63) is 35.6 Å². The fourth-order valence-corrected chi connectivity index (χ4v) is 1.35. The van der Waals surface area contributed by atoms with E-state index < -0.39 is 0 Å². The molecule has 2 N–H and O–H groups in total. The number of hydrogen-bond acceptors (Lipinski definition) is 2. The van der Waals surface area contributed by atoms with Gasteiger partial charge in [0.1, 0.15) is 5.82 Å². The molecule has 1 atom stereocenters. The topological polar surface area (TPSA) is 50.4 Å². The minimum absolute atomic E-state index is 0.168. The number of urea groups is 1. The molecule has 0 aromatic heterocycles. The minimum Gasteiger partial charge on any atom is -0.383 e. The van der Waals surface area contributed by atoms with E-state index in [2.05, 4.69) is 10.6 Å². The molecule has 0 bridgehead atoms. The molecule has 0 fully saturated rings. The first-order valence-electron chi connectivity index (χ1n) is 5.42. The van der Waals surface area contributed by atoms with Crippen molar-refractivity contribution in [1.82, 2.24) is 10.6 Å². The Balaban J connectivity index is 2.40. The lowest BCUT2D eigenvalue weighted by atomic mass is 10.1. The van der Waals surface area contributed by atoms with Gasteiger partial charge >= 0.3 is 6.03 Å². The van der Waals surface area contributed by atoms with Crippen molar-refractivity contribution < 1.29 is 13.9 Å². The van der Waals surface area contributed by atoms with E-state index in [1.165, 1.54) is 12.1 Å². The van der Waals surface area contributed by atoms with Crippen LogP contribution in [0.2, 0.25) is 0 Å². The SMILES string of the molecule is COCCNC(=O)N[C@@H](C)c1ccc(F)cc1. The molecule has 2 amide bonds. The van der Waals surface area contributed by atoms with Crippen LogP contribution < -0.4 is 10.6 Å². The van der Waals surface area contributed by atoms with Crippen LogP contribution in [0, 0.1) is 5.82 Å². The van der Waals surface area contributed by atoms with Crippen LogP contribution in [0.15, 0.2) is 24.3 Å². The van der Waals surface area contributed by atoms with E-state index >= 15 is 0 Å². The fourth-order valence-electron chi connectivity index (χ4n) is 1.35. The number of benzene rings is 1. The minimum atomic E-state index is -0.287. The first-order chi connectivity index (χ1) is 8.13. The number of carbonyl (C=O) groups is 1. The van der Waals surface area contributed by atoms with Crippen LogP contribution in [0.5, 0.6) is 0 Å². The molecule has 94 valence electrons. The summed E-state index contributed by atoms with van der Waals surface area (Å²) in [6, 6.07) is 5.61. The smallest absolute Gasteiger partial charge is 0.315 e. The molecule has 0 saturated carbocycles. The van der Waals surface area contributed by atoms with Crippen molar-refractivity contribution in [3.8, 4) is 0 Å². The standard InChI is InChI=1S/C12H17FN2O2/c1-9(10-3-5-11(13)6-4-10)15-12(16)14-7-8-17-2/h3-6,9H,7-8H2,1-2H3,(H2,14,15,16)/t9-/m0/s1. The average Bonchev–Trinajstić information content (AvgIpc) is 2.30. The molecule has 17 heavy (non-hydrogen) atoms. The number of rotatable bonds is 5. The number of methoxy groups -OCH3 is 1. The van der Waals surface area contributed by atoms with Gasteiger partial charge < -0.3 is 15.4 Å². The molecule has 0 radical (unpaired) electrons. The Hall–Kier alpha value is -1.62. The summed E-state index contributed by atoms with van der Waals surface area (Å²) in [5, 5.41) is 5.39. The van der Waals surface area contributed by atoms with Crippen LogP contribution in [-0.4, -0.2) is 26.3 Å². The molecule has 0 spiro atoms. The van der Waals surface area contributed by atoms with E-state index in [1.807, 2.05) is 6.92 Å². The molecule has 1 rings (SSSR count). The quantitative estimate of drug-likeness (QED) is 0.771. The second-order valence-electron chi connectivity index (χ2n) is 3.67. The largest absolute Gasteiger partial charge is 0.383 e. The van der Waals surface area contributed by atoms with Gasteiger partial charge in [-0.1, -0.05) is 12.1 Å². The maximum absolute atomic E-state index is 12.7. The summed E-state index contributed by atoms with van der Waals surface area (Å²) >= 11 is 0. The maximum Gasteiger partial charge on any atom is 0.315 e. The van der Waals surface area contributed by atoms with Crippen molar-refractivity contribution in [2.24, 2.45) is 0 Å². The van der Waals surface area contributed by atoms with Crippen LogP contribution in [-0.2, 0) is 4.74 Å². The molecule has 0 aliphatic rings. The van der Waals surface area contributed by atoms with Crippen LogP contribution in [0.25, 0.3) is 0 Å². The van der Waals surface area contributed by atoms with Crippen molar-refractivity contribution >= 4 is 6.03 Å². The summed E-state index contributed by atoms with van der Waals surface area (Å²) in [6.07, 6.45) is 0. The Bertz CT molecular complexity index is 354. The van der Waals surface area contributed by atoms with Gasteiger partial charge in [-0.05, 0) is 24.6 Å². The number of carbonyl (C=O) groups excluding carboxylic acids is 1. The first kappa shape index (κ1) is 13.4. The lowest BCUT2D eigenvalue weighted by Gasteiger charge is -2.14. The summed E-state index contributed by atoms with van der Waals surface area (Å²) in [7, 11) is 1.57. The lowest BCUT2D eigenvalue weighted by Crippen LogP contribution is -2.38. The zero-order valence-electron chi connectivity index (χ0n) is 10.00. The third-order valence-electron chi connectivity index (χ3n) is 2.31. The van der Waals surface area contributed by atoms with Crippen LogP contribution in [0.4, 0.5) is 9.18 Å². The Labute approximate surface area is 100 Å². The highest BCUT2D eigenvalue weighted by atomic mass is 19.1. The summed E-state index contributed by atoms with van der Waals surface area (Å²) in [4.78, 5) is 11.4. The number of amides is 2. The van der Waals surface area contributed by atoms with Gasteiger partial charge in [0.2, 0.25) is 0 Å². The summed E-state index contributed by atoms with van der Waals surface area (Å²) in [6.45, 7) is 2.76. The van der Waals surface area contributed by atoms with E-state index in [0.29, 0.717) is 13.2 Å². The Morgan fingerprint density at radius 2 is 2.06 bits per heavy atom. The Morgan fingerprint density at radius 3 is 2.65 bits per heavy atom. The van der Waals surface area contributed by atoms with Crippen molar-refractivity contribution in [2.45, 2.75) is 13.0 Å². The molecule has 1 aromatic rings. The third-order valence-corrected chi connectivity index (χ3v) is 2.31. The van der Waals surface area contributed by atoms with Gasteiger partial charge in [-0.3, -0.25) is 0 Å². The van der Waals surface area contributed by atoms with Gasteiger partial charge in [0.15, 0.2) is 0 Å². The Kier molecular flexibility index (Phi) is 5.42. The van der Waals surface area contributed by atoms with Gasteiger partial charge in [-0.25, -0.2) is 9.18 Å². The molecule has 0 aliphatic heterocycles. The predicted octanol–water partition coefficient (Wildman–Crippen LogP) is 1.83. The van der Waals surface area contributed by atoms with Gasteiger partial charge in [0.05, 0.1) is 12.6 Å². The summed E-state index contributed by atoms with van der Waals surface area (Å²) in [5.74, 6) is -0.287. The van der Waals surface area contributed by atoms with Gasteiger partial charge in [-0.2, -0.15) is 0 Å². The number of nitrogens with one attached hydrogen (secondary N) is 2. The van der Waals surface area contributed by atoms with E-state index in [0.717, 1.165) is 5.56 Å². The highest BCUT2D eigenvalue weighted by Gasteiger charge is 2.08. The normalized spacial score (nSPS) is 11.9. The van der Waals surface area contributed by atoms with Crippen LogP contribution in [0.1, 0.15) is 18.5 Å². The molecule has 5 heteroatoms. The number of ether oxygens (including phenoxy) is 1. The second kappa shape index (κ2) is 6.85. The summed E-state index contributed by atoms with van der Waals surface area (Å²) in [5.41, 5.74) is 0.855. The molecule has 0 saturated heterocycles. The van der Waals surface area contributed by atoms with Crippen LogP contribution in [0.3, 0.4) is 0 Å². The van der Waals surface area contributed by atoms with Crippen LogP contribution >= 0.6 is 0 Å². The Morgan fingerprint density at radius 1 is 1.41 bits per heavy atom. The summed E-state index contributed by atoms with van der Waals surface area (Å²) < 4.78 is 17.5. The van der Waals surface area contributed by atoms with Gasteiger partial charge in [-0.15, -0.1) is 0 Å². The molecule has 4 nitrogen and oxygen atoms in total. The monoisotopic (exact) mass is 240 g/mol. The number of halogens is 1. The highest BCUT2D eigenvalue weighted by molar-refractivity contribution is 5.74. The zero-order chi connectivity index (χ0) is 12.7. The number of hydrogen-bond donors (Lipinski definition) is 2. The molecular weight excluding hydrogens is 223 g/mol. The lowest BCUT2D eigenvalue weighted by molar-refractivity contribution is 0.195. The molecular formula is C12H17FN2O2. The molecule has 1 aromatic carbocycles. The van der Waals surface area contributed by atoms with E-state index in [-0.39, 0.29) is 17.9 Å². The van der Waals surface area contributed by atoms with Gasteiger partial charge in [0, 0.05) is 13.7 Å². The van der Waals surface area contributed by atoms with Crippen molar-refractivity contribution in [1.29, 1.82) is 0 Å².